The SMILES string of the molecule is Cc1cc(NC(=S)NC(=O)c2c(F)cccc2F)c(Cl)c(Cl)c1Oc1ccc(Cl)c2ccccc12. The van der Waals surface area contributed by atoms with Crippen LogP contribution in [0.4, 0.5) is 14.5 Å². The van der Waals surface area contributed by atoms with E-state index in [1.165, 1.54) is 0 Å². The number of hydrogen-bond donors (Lipinski definition) is 2. The molecule has 0 atom stereocenters. The zero-order valence-electron chi connectivity index (χ0n) is 17.9. The lowest BCUT2D eigenvalue weighted by molar-refractivity contribution is 0.0969. The number of aryl methyl sites for hydroxylation is 1. The molecule has 0 saturated carbocycles. The summed E-state index contributed by atoms with van der Waals surface area (Å²) in [5, 5.41) is 7.08. The number of carbonyl (C=O) groups is 1. The predicted molar refractivity (Wildman–Crippen MR) is 140 cm³/mol. The summed E-state index contributed by atoms with van der Waals surface area (Å²) in [6, 6.07) is 15.6. The van der Waals surface area contributed by atoms with Gasteiger partial charge in [0.1, 0.15) is 28.0 Å². The Labute approximate surface area is 219 Å². The van der Waals surface area contributed by atoms with E-state index in [0.717, 1.165) is 29.0 Å². The van der Waals surface area contributed by atoms with E-state index in [-0.39, 0.29) is 20.8 Å². The fourth-order valence-corrected chi connectivity index (χ4v) is 4.33. The van der Waals surface area contributed by atoms with Gasteiger partial charge in [0.2, 0.25) is 0 Å². The summed E-state index contributed by atoms with van der Waals surface area (Å²) in [6.45, 7) is 1.75. The first-order valence-electron chi connectivity index (χ1n) is 10.1. The van der Waals surface area contributed by atoms with Crippen LogP contribution < -0.4 is 15.4 Å². The number of ether oxygens (including phenoxy) is 1. The van der Waals surface area contributed by atoms with Crippen molar-refractivity contribution in [2.75, 3.05) is 5.32 Å². The third-order valence-electron chi connectivity index (χ3n) is 5.06. The van der Waals surface area contributed by atoms with Crippen LogP contribution in [0.3, 0.4) is 0 Å². The summed E-state index contributed by atoms with van der Waals surface area (Å²) in [7, 11) is 0. The minimum absolute atomic E-state index is 0.0687. The molecule has 0 aliphatic rings. The van der Waals surface area contributed by atoms with E-state index in [9.17, 15) is 13.6 Å². The standard InChI is InChI=1S/C25H15Cl3F2N2O2S/c1-12-11-18(31-25(35)32-24(33)20-16(29)7-4-8-17(20)30)21(27)22(28)23(12)34-19-10-9-15(26)13-5-2-3-6-14(13)19/h2-11H,1H3,(H2,31,32,33,35). The number of rotatable bonds is 4. The number of carbonyl (C=O) groups excluding carboxylic acids is 1. The molecule has 4 nitrogen and oxygen atoms in total. The number of fused-ring (bicyclic) bond motifs is 1. The Morgan fingerprint density at radius 3 is 2.26 bits per heavy atom. The molecule has 2 N–H and O–H groups in total. The lowest BCUT2D eigenvalue weighted by Crippen LogP contribution is -2.35. The Morgan fingerprint density at radius 2 is 1.57 bits per heavy atom. The van der Waals surface area contributed by atoms with Gasteiger partial charge in [-0.25, -0.2) is 8.78 Å². The predicted octanol–water partition coefficient (Wildman–Crippen LogP) is 8.31. The molecule has 10 heteroatoms. The highest BCUT2D eigenvalue weighted by atomic mass is 35.5. The van der Waals surface area contributed by atoms with E-state index in [1.54, 1.807) is 25.1 Å². The average Bonchev–Trinajstić information content (AvgIpc) is 2.81. The monoisotopic (exact) mass is 550 g/mol. The van der Waals surface area contributed by atoms with Crippen molar-refractivity contribution in [1.82, 2.24) is 5.32 Å². The van der Waals surface area contributed by atoms with E-state index in [2.05, 4.69) is 10.6 Å². The molecule has 0 bridgehead atoms. The third kappa shape index (κ3) is 5.18. The van der Waals surface area contributed by atoms with Crippen LogP contribution in [-0.4, -0.2) is 11.0 Å². The lowest BCUT2D eigenvalue weighted by Gasteiger charge is -2.17. The van der Waals surface area contributed by atoms with E-state index >= 15 is 0 Å². The number of hydrogen-bond acceptors (Lipinski definition) is 3. The second-order valence-corrected chi connectivity index (χ2v) is 8.97. The molecule has 0 radical (unpaired) electrons. The van der Waals surface area contributed by atoms with Crippen LogP contribution >= 0.6 is 47.0 Å². The van der Waals surface area contributed by atoms with Gasteiger partial charge in [0.25, 0.3) is 5.91 Å². The molecular formula is C25H15Cl3F2N2O2S. The van der Waals surface area contributed by atoms with Gasteiger partial charge >= 0.3 is 0 Å². The van der Waals surface area contributed by atoms with Gasteiger partial charge in [0.05, 0.1) is 10.7 Å². The second kappa shape index (κ2) is 10.3. The summed E-state index contributed by atoms with van der Waals surface area (Å²) >= 11 is 24.4. The molecule has 4 rings (SSSR count). The average molecular weight is 552 g/mol. The maximum atomic E-state index is 13.9. The third-order valence-corrected chi connectivity index (χ3v) is 6.44. The van der Waals surface area contributed by atoms with Crippen molar-refractivity contribution in [2.45, 2.75) is 6.92 Å². The van der Waals surface area contributed by atoms with Gasteiger partial charge < -0.3 is 10.1 Å². The largest absolute Gasteiger partial charge is 0.455 e. The summed E-state index contributed by atoms with van der Waals surface area (Å²) in [6.07, 6.45) is 0. The topological polar surface area (TPSA) is 50.4 Å². The fraction of sp³-hybridized carbons (Fsp3) is 0.0400. The van der Waals surface area contributed by atoms with E-state index in [0.29, 0.717) is 22.1 Å². The molecule has 0 saturated heterocycles. The first-order valence-corrected chi connectivity index (χ1v) is 11.6. The highest BCUT2D eigenvalue weighted by molar-refractivity contribution is 7.80. The van der Waals surface area contributed by atoms with E-state index < -0.39 is 23.1 Å². The van der Waals surface area contributed by atoms with Crippen LogP contribution in [0.25, 0.3) is 10.8 Å². The number of benzene rings is 4. The summed E-state index contributed by atoms with van der Waals surface area (Å²) in [5.74, 6) is -2.23. The van der Waals surface area contributed by atoms with Crippen LogP contribution in [0.2, 0.25) is 15.1 Å². The number of halogens is 5. The van der Waals surface area contributed by atoms with Crippen molar-refractivity contribution in [3.8, 4) is 11.5 Å². The van der Waals surface area contributed by atoms with Crippen molar-refractivity contribution in [3.05, 3.63) is 98.5 Å². The van der Waals surface area contributed by atoms with Crippen molar-refractivity contribution < 1.29 is 18.3 Å². The number of thiocarbonyl (C=S) groups is 1. The Hall–Kier alpha value is -2.97. The number of anilines is 1. The summed E-state index contributed by atoms with van der Waals surface area (Å²) in [4.78, 5) is 12.3. The molecule has 4 aromatic rings. The highest BCUT2D eigenvalue weighted by Gasteiger charge is 2.20. The Balaban J connectivity index is 1.58. The molecule has 0 aromatic heterocycles. The molecule has 1 amide bonds. The maximum Gasteiger partial charge on any atom is 0.263 e. The second-order valence-electron chi connectivity index (χ2n) is 7.40. The number of amides is 1. The van der Waals surface area contributed by atoms with E-state index in [4.69, 9.17) is 51.8 Å². The number of nitrogens with one attached hydrogen (secondary N) is 2. The van der Waals surface area contributed by atoms with Crippen LogP contribution in [0.15, 0.2) is 60.7 Å². The molecule has 178 valence electrons. The van der Waals surface area contributed by atoms with Gasteiger partial charge in [0.15, 0.2) is 10.9 Å². The summed E-state index contributed by atoms with van der Waals surface area (Å²) < 4.78 is 33.8. The molecule has 0 unspecified atom stereocenters. The Bertz CT molecular complexity index is 1480. The van der Waals surface area contributed by atoms with Gasteiger partial charge in [-0.1, -0.05) is 65.1 Å². The quantitative estimate of drug-likeness (QED) is 0.251. The van der Waals surface area contributed by atoms with Crippen molar-refractivity contribution in [1.29, 1.82) is 0 Å². The maximum absolute atomic E-state index is 13.9. The van der Waals surface area contributed by atoms with Crippen LogP contribution in [0, 0.1) is 18.6 Å². The minimum Gasteiger partial charge on any atom is -0.455 e. The van der Waals surface area contributed by atoms with Gasteiger partial charge in [-0.15, -0.1) is 0 Å². The zero-order chi connectivity index (χ0) is 25.3. The van der Waals surface area contributed by atoms with Crippen LogP contribution in [0.5, 0.6) is 11.5 Å². The highest BCUT2D eigenvalue weighted by Crippen LogP contribution is 2.44. The smallest absolute Gasteiger partial charge is 0.263 e. The van der Waals surface area contributed by atoms with Crippen LogP contribution in [-0.2, 0) is 0 Å². The van der Waals surface area contributed by atoms with Gasteiger partial charge in [-0.3, -0.25) is 10.1 Å². The molecule has 0 spiro atoms. The summed E-state index contributed by atoms with van der Waals surface area (Å²) in [5.41, 5.74) is 0.118. The molecule has 35 heavy (non-hydrogen) atoms. The van der Waals surface area contributed by atoms with Crippen LogP contribution in [0.1, 0.15) is 15.9 Å². The molecular weight excluding hydrogens is 537 g/mol. The first-order chi connectivity index (χ1) is 16.7. The lowest BCUT2D eigenvalue weighted by atomic mass is 10.1. The molecule has 0 aliphatic heterocycles. The molecule has 0 heterocycles. The van der Waals surface area contributed by atoms with Crippen molar-refractivity contribution in [3.63, 3.8) is 0 Å². The first kappa shape index (κ1) is 25.1. The fourth-order valence-electron chi connectivity index (χ4n) is 3.42. The molecule has 4 aromatic carbocycles. The van der Waals surface area contributed by atoms with Gasteiger partial charge in [-0.2, -0.15) is 0 Å². The normalized spacial score (nSPS) is 10.8. The van der Waals surface area contributed by atoms with E-state index in [1.807, 2.05) is 24.3 Å². The minimum atomic E-state index is -1.05. The Kier molecular flexibility index (Phi) is 7.42. The van der Waals surface area contributed by atoms with Crippen molar-refractivity contribution >= 4 is 74.5 Å². The molecule has 0 fully saturated rings. The van der Waals surface area contributed by atoms with Gasteiger partial charge in [-0.05, 0) is 55.0 Å². The molecule has 0 aliphatic carbocycles. The van der Waals surface area contributed by atoms with Gasteiger partial charge in [0, 0.05) is 15.8 Å². The Morgan fingerprint density at radius 1 is 0.914 bits per heavy atom. The zero-order valence-corrected chi connectivity index (χ0v) is 21.0. The van der Waals surface area contributed by atoms with Crippen molar-refractivity contribution in [2.24, 2.45) is 0 Å².